The van der Waals surface area contributed by atoms with Gasteiger partial charge in [-0.2, -0.15) is 0 Å². The number of aliphatic hydroxyl groups excluding tert-OH is 1. The minimum absolute atomic E-state index is 0.0679. The van der Waals surface area contributed by atoms with Crippen molar-refractivity contribution in [2.75, 3.05) is 6.61 Å². The lowest BCUT2D eigenvalue weighted by molar-refractivity contribution is -0.194. The average molecular weight is 436 g/mol. The average Bonchev–Trinajstić information content (AvgIpc) is 3.14. The van der Waals surface area contributed by atoms with Crippen LogP contribution in [0.3, 0.4) is 0 Å². The van der Waals surface area contributed by atoms with Crippen molar-refractivity contribution in [3.8, 4) is 0 Å². The quantitative estimate of drug-likeness (QED) is 0.347. The standard InChI is InChI=1S/C21H24O10/c1-9(2)18(25)29-12-7-20(5)13(24)6-14(31-20)21(27,8-22)17(28-11(4)23)16-15(12)10(3)19(26)30-16/h6,12,15-17,22,27H,1,3,7-8H2,2,4-5H3/t12-,15-,16+,17-,20+,21-/m1/s1. The molecule has 0 spiro atoms. The molecule has 3 aliphatic heterocycles. The zero-order valence-corrected chi connectivity index (χ0v) is 17.4. The van der Waals surface area contributed by atoms with E-state index in [2.05, 4.69) is 13.2 Å². The molecule has 0 unspecified atom stereocenters. The van der Waals surface area contributed by atoms with Gasteiger partial charge in [0, 0.05) is 30.6 Å². The molecule has 0 aromatic rings. The molecule has 2 bridgehead atoms. The van der Waals surface area contributed by atoms with Gasteiger partial charge in [0.2, 0.25) is 5.78 Å². The van der Waals surface area contributed by atoms with Crippen LogP contribution >= 0.6 is 0 Å². The summed E-state index contributed by atoms with van der Waals surface area (Å²) in [5.74, 6) is -4.53. The third-order valence-corrected chi connectivity index (χ3v) is 5.71. The van der Waals surface area contributed by atoms with Crippen LogP contribution in [0.2, 0.25) is 0 Å². The third-order valence-electron chi connectivity index (χ3n) is 5.71. The zero-order valence-electron chi connectivity index (χ0n) is 17.4. The van der Waals surface area contributed by atoms with Crippen LogP contribution in [-0.4, -0.2) is 70.0 Å². The summed E-state index contributed by atoms with van der Waals surface area (Å²) in [6.45, 7) is 10.1. The SMILES string of the molecule is C=C(C)C(=O)O[C@@H]1C[C@]2(C)OC(=CC2=O)[C@](O)(CO)[C@H](OC(C)=O)[C@H]2OC(=O)C(=C)[C@@H]21. The van der Waals surface area contributed by atoms with Crippen LogP contribution in [0.5, 0.6) is 0 Å². The number of fused-ring (bicyclic) bond motifs is 3. The smallest absolute Gasteiger partial charge is 0.334 e. The van der Waals surface area contributed by atoms with E-state index in [4.69, 9.17) is 18.9 Å². The zero-order chi connectivity index (χ0) is 23.3. The first-order chi connectivity index (χ1) is 14.3. The molecule has 0 aromatic carbocycles. The number of hydrogen-bond donors (Lipinski definition) is 2. The van der Waals surface area contributed by atoms with Crippen LogP contribution in [0.4, 0.5) is 0 Å². The Morgan fingerprint density at radius 2 is 1.94 bits per heavy atom. The van der Waals surface area contributed by atoms with Crippen molar-refractivity contribution in [3.05, 3.63) is 36.1 Å². The minimum Gasteiger partial charge on any atom is -0.480 e. The number of aliphatic hydroxyl groups is 2. The van der Waals surface area contributed by atoms with Gasteiger partial charge in [-0.15, -0.1) is 0 Å². The Kier molecular flexibility index (Phi) is 5.57. The maximum atomic E-state index is 12.8. The fraction of sp³-hybridized carbons (Fsp3) is 0.524. The lowest BCUT2D eigenvalue weighted by Gasteiger charge is -2.38. The van der Waals surface area contributed by atoms with E-state index in [0.29, 0.717) is 0 Å². The number of ketones is 1. The number of esters is 3. The lowest BCUT2D eigenvalue weighted by Crippen LogP contribution is -2.57. The van der Waals surface area contributed by atoms with Crippen LogP contribution in [0.15, 0.2) is 36.1 Å². The number of carbonyl (C=O) groups excluding carboxylic acids is 4. The molecular weight excluding hydrogens is 412 g/mol. The van der Waals surface area contributed by atoms with Crippen LogP contribution in [0.25, 0.3) is 0 Å². The maximum Gasteiger partial charge on any atom is 0.334 e. The van der Waals surface area contributed by atoms with Gasteiger partial charge in [0.25, 0.3) is 0 Å². The molecule has 168 valence electrons. The Bertz CT molecular complexity index is 917. The van der Waals surface area contributed by atoms with E-state index in [1.165, 1.54) is 13.8 Å². The van der Waals surface area contributed by atoms with Crippen molar-refractivity contribution in [2.45, 2.75) is 56.7 Å². The van der Waals surface area contributed by atoms with Gasteiger partial charge in [0.05, 0.1) is 12.5 Å². The first-order valence-electron chi connectivity index (χ1n) is 9.56. The minimum atomic E-state index is -2.42. The monoisotopic (exact) mass is 436 g/mol. The molecular formula is C21H24O10. The molecule has 3 rings (SSSR count). The van der Waals surface area contributed by atoms with Crippen LogP contribution in [0, 0.1) is 5.92 Å². The molecule has 2 N–H and O–H groups in total. The molecule has 2 fully saturated rings. The van der Waals surface area contributed by atoms with E-state index in [1.807, 2.05) is 0 Å². The maximum absolute atomic E-state index is 12.8. The van der Waals surface area contributed by atoms with Gasteiger partial charge in [-0.1, -0.05) is 13.2 Å². The summed E-state index contributed by atoms with van der Waals surface area (Å²) in [5.41, 5.74) is -4.05. The molecule has 3 heterocycles. The second-order valence-corrected chi connectivity index (χ2v) is 8.17. The summed E-state index contributed by atoms with van der Waals surface area (Å²) in [7, 11) is 0. The van der Waals surface area contributed by atoms with Gasteiger partial charge in [-0.3, -0.25) is 9.59 Å². The molecule has 0 radical (unpaired) electrons. The fourth-order valence-corrected chi connectivity index (χ4v) is 4.03. The van der Waals surface area contributed by atoms with Crippen LogP contribution in [-0.2, 0) is 38.1 Å². The normalized spacial score (nSPS) is 36.8. The Hall–Kier alpha value is -2.98. The van der Waals surface area contributed by atoms with E-state index >= 15 is 0 Å². The second-order valence-electron chi connectivity index (χ2n) is 8.17. The summed E-state index contributed by atoms with van der Waals surface area (Å²) in [6.07, 6.45) is -3.50. The molecule has 3 aliphatic rings. The highest BCUT2D eigenvalue weighted by atomic mass is 16.6. The summed E-state index contributed by atoms with van der Waals surface area (Å²) in [5, 5.41) is 21.3. The van der Waals surface area contributed by atoms with E-state index in [1.54, 1.807) is 0 Å². The topological polar surface area (TPSA) is 146 Å². The Balaban J connectivity index is 2.21. The lowest BCUT2D eigenvalue weighted by atomic mass is 9.78. The van der Waals surface area contributed by atoms with Crippen molar-refractivity contribution >= 4 is 23.7 Å². The van der Waals surface area contributed by atoms with Crippen molar-refractivity contribution in [3.63, 3.8) is 0 Å². The van der Waals surface area contributed by atoms with Crippen molar-refractivity contribution in [2.24, 2.45) is 5.92 Å². The largest absolute Gasteiger partial charge is 0.480 e. The van der Waals surface area contributed by atoms with Gasteiger partial charge in [-0.25, -0.2) is 9.59 Å². The molecule has 31 heavy (non-hydrogen) atoms. The van der Waals surface area contributed by atoms with Gasteiger partial charge >= 0.3 is 17.9 Å². The molecule has 0 aromatic heterocycles. The Labute approximate surface area is 178 Å². The number of rotatable bonds is 4. The predicted molar refractivity (Wildman–Crippen MR) is 102 cm³/mol. The molecule has 2 saturated heterocycles. The van der Waals surface area contributed by atoms with Crippen LogP contribution < -0.4 is 0 Å². The van der Waals surface area contributed by atoms with E-state index < -0.39 is 65.7 Å². The van der Waals surface area contributed by atoms with Crippen LogP contribution in [0.1, 0.15) is 27.2 Å². The van der Waals surface area contributed by atoms with E-state index in [-0.39, 0.29) is 23.3 Å². The first kappa shape index (κ1) is 22.7. The van der Waals surface area contributed by atoms with Gasteiger partial charge in [0.15, 0.2) is 23.4 Å². The highest BCUT2D eigenvalue weighted by molar-refractivity contribution is 6.00. The summed E-state index contributed by atoms with van der Waals surface area (Å²) < 4.78 is 21.9. The Morgan fingerprint density at radius 3 is 2.48 bits per heavy atom. The number of hydrogen-bond acceptors (Lipinski definition) is 10. The van der Waals surface area contributed by atoms with E-state index in [9.17, 15) is 29.4 Å². The molecule has 0 saturated carbocycles. The highest BCUT2D eigenvalue weighted by Crippen LogP contribution is 2.47. The van der Waals surface area contributed by atoms with Gasteiger partial charge in [0.1, 0.15) is 11.9 Å². The van der Waals surface area contributed by atoms with Crippen molar-refractivity contribution < 1.29 is 48.3 Å². The summed E-state index contributed by atoms with van der Waals surface area (Å²) in [6, 6.07) is 0. The summed E-state index contributed by atoms with van der Waals surface area (Å²) in [4.78, 5) is 49.3. The second kappa shape index (κ2) is 7.61. The number of ether oxygens (including phenoxy) is 4. The number of carbonyl (C=O) groups is 4. The summed E-state index contributed by atoms with van der Waals surface area (Å²) >= 11 is 0. The molecule has 0 aliphatic carbocycles. The van der Waals surface area contributed by atoms with E-state index in [0.717, 1.165) is 13.0 Å². The molecule has 10 heteroatoms. The first-order valence-corrected chi connectivity index (χ1v) is 9.56. The predicted octanol–water partition coefficient (Wildman–Crippen LogP) is -0.127. The highest BCUT2D eigenvalue weighted by Gasteiger charge is 2.63. The molecule has 10 nitrogen and oxygen atoms in total. The molecule has 0 amide bonds. The fourth-order valence-electron chi connectivity index (χ4n) is 4.03. The van der Waals surface area contributed by atoms with Crippen molar-refractivity contribution in [1.29, 1.82) is 0 Å². The van der Waals surface area contributed by atoms with Gasteiger partial charge in [-0.05, 0) is 13.8 Å². The van der Waals surface area contributed by atoms with Gasteiger partial charge < -0.3 is 29.2 Å². The molecule has 6 atom stereocenters. The third kappa shape index (κ3) is 3.66. The van der Waals surface area contributed by atoms with Crippen molar-refractivity contribution in [1.82, 2.24) is 0 Å². The Morgan fingerprint density at radius 1 is 1.29 bits per heavy atom.